The van der Waals surface area contributed by atoms with Crippen LogP contribution in [-0.4, -0.2) is 22.2 Å². The molecule has 3 aromatic carbocycles. The van der Waals surface area contributed by atoms with Crippen LogP contribution < -0.4 is 0 Å². The Morgan fingerprint density at radius 3 is 2.43 bits per heavy atom. The average Bonchev–Trinajstić information content (AvgIpc) is 3.57. The second-order valence-corrected chi connectivity index (χ2v) is 9.89. The SMILES string of the molecule is CC1(C)C(c2cc3n(c2-c2c4ccccc4cn2B(F)F)Cc2ccccc2-3)=Nc2ccccc21. The number of para-hydroxylation sites is 1. The summed E-state index contributed by atoms with van der Waals surface area (Å²) in [6, 6.07) is 26.3. The number of aliphatic imine (C=N–C) groups is 1. The van der Waals surface area contributed by atoms with Gasteiger partial charge in [-0.2, -0.15) is 0 Å². The second kappa shape index (κ2) is 7.04. The molecule has 170 valence electrons. The first-order chi connectivity index (χ1) is 16.9. The Balaban J connectivity index is 1.58. The lowest BCUT2D eigenvalue weighted by Gasteiger charge is -2.23. The van der Waals surface area contributed by atoms with Gasteiger partial charge in [0.15, 0.2) is 0 Å². The highest BCUT2D eigenvalue weighted by Gasteiger charge is 2.40. The van der Waals surface area contributed by atoms with Gasteiger partial charge >= 0.3 is 7.40 Å². The van der Waals surface area contributed by atoms with Crippen LogP contribution in [0, 0.1) is 0 Å². The van der Waals surface area contributed by atoms with Crippen LogP contribution in [0.3, 0.4) is 0 Å². The summed E-state index contributed by atoms with van der Waals surface area (Å²) in [5, 5.41) is 1.62. The van der Waals surface area contributed by atoms with Crippen molar-refractivity contribution in [3.63, 3.8) is 0 Å². The van der Waals surface area contributed by atoms with E-state index in [4.69, 9.17) is 4.99 Å². The molecule has 2 aliphatic rings. The molecule has 0 fully saturated rings. The Morgan fingerprint density at radius 2 is 1.60 bits per heavy atom. The predicted molar refractivity (Wildman–Crippen MR) is 139 cm³/mol. The highest BCUT2D eigenvalue weighted by atomic mass is 19.2. The van der Waals surface area contributed by atoms with Crippen LogP contribution in [0.2, 0.25) is 0 Å². The molecule has 7 rings (SSSR count). The van der Waals surface area contributed by atoms with Crippen LogP contribution >= 0.6 is 0 Å². The molecule has 0 aliphatic carbocycles. The molecule has 0 saturated carbocycles. The van der Waals surface area contributed by atoms with Gasteiger partial charge in [-0.25, -0.2) is 0 Å². The molecule has 0 unspecified atom stereocenters. The van der Waals surface area contributed by atoms with Gasteiger partial charge in [0.2, 0.25) is 0 Å². The van der Waals surface area contributed by atoms with E-state index in [2.05, 4.69) is 42.7 Å². The fraction of sp³-hybridized carbons (Fsp3) is 0.138. The number of aromatic nitrogens is 2. The van der Waals surface area contributed by atoms with Crippen molar-refractivity contribution in [3.05, 3.63) is 102 Å². The zero-order chi connectivity index (χ0) is 23.9. The van der Waals surface area contributed by atoms with Crippen LogP contribution in [0.5, 0.6) is 0 Å². The molecule has 6 heteroatoms. The van der Waals surface area contributed by atoms with Gasteiger partial charge in [-0.05, 0) is 28.6 Å². The Bertz CT molecular complexity index is 1690. The molecule has 0 spiro atoms. The van der Waals surface area contributed by atoms with E-state index in [-0.39, 0.29) is 5.41 Å². The number of rotatable bonds is 3. The Morgan fingerprint density at radius 1 is 0.857 bits per heavy atom. The van der Waals surface area contributed by atoms with E-state index in [1.807, 2.05) is 54.6 Å². The number of hydrogen-bond donors (Lipinski definition) is 0. The summed E-state index contributed by atoms with van der Waals surface area (Å²) in [5.74, 6) is 0. The molecule has 3 nitrogen and oxygen atoms in total. The Labute approximate surface area is 202 Å². The van der Waals surface area contributed by atoms with Crippen molar-refractivity contribution < 1.29 is 8.63 Å². The Hall–Kier alpha value is -3.93. The summed E-state index contributed by atoms with van der Waals surface area (Å²) in [5.41, 5.74) is 8.31. The molecule has 4 heterocycles. The molecule has 35 heavy (non-hydrogen) atoms. The van der Waals surface area contributed by atoms with Crippen LogP contribution in [0.4, 0.5) is 14.3 Å². The number of nitrogens with zero attached hydrogens (tertiary/aromatic N) is 3. The molecule has 2 aromatic heterocycles. The van der Waals surface area contributed by atoms with E-state index < -0.39 is 7.40 Å². The van der Waals surface area contributed by atoms with E-state index in [1.54, 1.807) is 6.20 Å². The number of fused-ring (bicyclic) bond motifs is 5. The van der Waals surface area contributed by atoms with Gasteiger partial charge in [-0.1, -0.05) is 80.6 Å². The molecular weight excluding hydrogens is 439 g/mol. The van der Waals surface area contributed by atoms with Crippen molar-refractivity contribution in [2.24, 2.45) is 4.99 Å². The maximum absolute atomic E-state index is 14.5. The largest absolute Gasteiger partial charge is 0.677 e. The van der Waals surface area contributed by atoms with Gasteiger partial charge < -0.3 is 9.05 Å². The van der Waals surface area contributed by atoms with Crippen molar-refractivity contribution in [2.75, 3.05) is 0 Å². The first kappa shape index (κ1) is 20.4. The second-order valence-electron chi connectivity index (χ2n) is 9.89. The first-order valence-electron chi connectivity index (χ1n) is 11.8. The van der Waals surface area contributed by atoms with Gasteiger partial charge in [0.1, 0.15) is 0 Å². The topological polar surface area (TPSA) is 22.2 Å². The summed E-state index contributed by atoms with van der Waals surface area (Å²) in [4.78, 5) is 5.08. The fourth-order valence-electron chi connectivity index (χ4n) is 5.92. The number of benzene rings is 3. The van der Waals surface area contributed by atoms with Gasteiger partial charge in [0.05, 0.1) is 22.8 Å². The van der Waals surface area contributed by atoms with E-state index >= 15 is 0 Å². The molecule has 0 N–H and O–H groups in total. The van der Waals surface area contributed by atoms with Crippen molar-refractivity contribution >= 4 is 29.6 Å². The molecule has 0 atom stereocenters. The molecular formula is C29H22BF2N3. The van der Waals surface area contributed by atoms with Crippen LogP contribution in [0.1, 0.15) is 30.5 Å². The standard InChI is InChI=1S/C29H22BF2N3/c1-29(2)23-13-7-8-14-24(23)33-28(29)22-15-25-20-11-5-3-9-18(20)16-34(25)26(22)27-21-12-6-4-10-19(21)17-35(27)30(31)32/h3-15,17H,16H2,1-2H3. The van der Waals surface area contributed by atoms with Gasteiger partial charge in [-0.3, -0.25) is 13.6 Å². The minimum Gasteiger partial charge on any atom is -0.334 e. The van der Waals surface area contributed by atoms with Crippen molar-refractivity contribution in [1.29, 1.82) is 0 Å². The minimum absolute atomic E-state index is 0.356. The molecule has 0 bridgehead atoms. The lowest BCUT2D eigenvalue weighted by molar-refractivity contribution is 0.631. The molecule has 2 aliphatic heterocycles. The van der Waals surface area contributed by atoms with Gasteiger partial charge in [-0.15, -0.1) is 0 Å². The molecule has 0 saturated heterocycles. The van der Waals surface area contributed by atoms with Crippen molar-refractivity contribution in [2.45, 2.75) is 25.8 Å². The maximum Gasteiger partial charge on any atom is 0.677 e. The third kappa shape index (κ3) is 2.74. The summed E-state index contributed by atoms with van der Waals surface area (Å²) in [6.45, 7) is 4.98. The lowest BCUT2D eigenvalue weighted by Crippen LogP contribution is -2.27. The smallest absolute Gasteiger partial charge is 0.334 e. The predicted octanol–water partition coefficient (Wildman–Crippen LogP) is 7.32. The van der Waals surface area contributed by atoms with Crippen LogP contribution in [-0.2, 0) is 12.0 Å². The fourth-order valence-corrected chi connectivity index (χ4v) is 5.92. The summed E-state index contributed by atoms with van der Waals surface area (Å²) >= 11 is 0. The van der Waals surface area contributed by atoms with E-state index in [0.717, 1.165) is 54.7 Å². The maximum atomic E-state index is 14.5. The van der Waals surface area contributed by atoms with Crippen molar-refractivity contribution in [1.82, 2.24) is 9.05 Å². The van der Waals surface area contributed by atoms with Crippen LogP contribution in [0.15, 0.2) is 90.1 Å². The summed E-state index contributed by atoms with van der Waals surface area (Å²) < 4.78 is 32.3. The Kier molecular flexibility index (Phi) is 4.12. The minimum atomic E-state index is -2.66. The highest BCUT2D eigenvalue weighted by molar-refractivity contribution is 6.42. The zero-order valence-electron chi connectivity index (χ0n) is 19.5. The first-order valence-corrected chi connectivity index (χ1v) is 11.8. The van der Waals surface area contributed by atoms with E-state index in [9.17, 15) is 8.63 Å². The van der Waals surface area contributed by atoms with Crippen LogP contribution in [0.25, 0.3) is 33.4 Å². The average molecular weight is 461 g/mol. The van der Waals surface area contributed by atoms with E-state index in [1.165, 1.54) is 5.56 Å². The highest BCUT2D eigenvalue weighted by Crippen LogP contribution is 2.48. The molecule has 5 aromatic rings. The third-order valence-electron chi connectivity index (χ3n) is 7.56. The van der Waals surface area contributed by atoms with Gasteiger partial charge in [0, 0.05) is 40.4 Å². The van der Waals surface area contributed by atoms with Gasteiger partial charge in [0.25, 0.3) is 0 Å². The normalized spacial score (nSPS) is 15.1. The number of hydrogen-bond acceptors (Lipinski definition) is 1. The molecule has 0 amide bonds. The molecule has 0 radical (unpaired) electrons. The summed E-state index contributed by atoms with van der Waals surface area (Å²) in [7, 11) is -2.66. The number of halogens is 2. The monoisotopic (exact) mass is 461 g/mol. The zero-order valence-corrected chi connectivity index (χ0v) is 19.5. The summed E-state index contributed by atoms with van der Waals surface area (Å²) in [6.07, 6.45) is 1.57. The quantitative estimate of drug-likeness (QED) is 0.247. The van der Waals surface area contributed by atoms with Crippen molar-refractivity contribution in [3.8, 4) is 22.6 Å². The lowest BCUT2D eigenvalue weighted by atomic mass is 9.78. The third-order valence-corrected chi connectivity index (χ3v) is 7.56. The van der Waals surface area contributed by atoms with E-state index in [0.29, 0.717) is 12.2 Å².